The van der Waals surface area contributed by atoms with Gasteiger partial charge in [-0.2, -0.15) is 0 Å². The van der Waals surface area contributed by atoms with Gasteiger partial charge in [0.15, 0.2) is 0 Å². The molecule has 0 spiro atoms. The van der Waals surface area contributed by atoms with E-state index in [0.717, 1.165) is 61.3 Å². The Morgan fingerprint density at radius 1 is 1.07 bits per heavy atom. The molecule has 0 bridgehead atoms. The molecule has 0 radical (unpaired) electrons. The van der Waals surface area contributed by atoms with Gasteiger partial charge in [0.05, 0.1) is 33.8 Å². The predicted molar refractivity (Wildman–Crippen MR) is 160 cm³/mol. The molecule has 0 unspecified atom stereocenters. The molecule has 1 amide bonds. The van der Waals surface area contributed by atoms with Gasteiger partial charge in [0.25, 0.3) is 0 Å². The van der Waals surface area contributed by atoms with Crippen LogP contribution in [0.4, 0.5) is 4.79 Å². The number of carbonyl (C=O) groups is 1. The van der Waals surface area contributed by atoms with Gasteiger partial charge in [-0.25, -0.2) is 4.79 Å². The maximum absolute atomic E-state index is 12.6. The summed E-state index contributed by atoms with van der Waals surface area (Å²) in [5.41, 5.74) is 2.39. The van der Waals surface area contributed by atoms with Crippen molar-refractivity contribution in [1.29, 1.82) is 0 Å². The van der Waals surface area contributed by atoms with Gasteiger partial charge in [-0.1, -0.05) is 65.5 Å². The van der Waals surface area contributed by atoms with Crippen LogP contribution in [-0.4, -0.2) is 62.1 Å². The zero-order chi connectivity index (χ0) is 28.4. The first-order valence-corrected chi connectivity index (χ1v) is 16.5. The lowest BCUT2D eigenvalue weighted by molar-refractivity contribution is -0.889. The fourth-order valence-corrected chi connectivity index (χ4v) is 9.79. The van der Waals surface area contributed by atoms with Crippen LogP contribution in [0.3, 0.4) is 0 Å². The van der Waals surface area contributed by atoms with Crippen LogP contribution in [0.2, 0.25) is 0 Å². The van der Waals surface area contributed by atoms with Gasteiger partial charge in [0.2, 0.25) is 0 Å². The number of nitrogens with zero attached hydrogens (tertiary/aromatic N) is 1. The number of fused-ring (bicyclic) bond motifs is 5. The molecule has 40 heavy (non-hydrogen) atoms. The van der Waals surface area contributed by atoms with Crippen LogP contribution >= 0.6 is 0 Å². The lowest BCUT2D eigenvalue weighted by Gasteiger charge is -2.58. The number of allylic oxidation sites excluding steroid dienone is 1. The van der Waals surface area contributed by atoms with E-state index >= 15 is 0 Å². The molecule has 8 atom stereocenters. The Morgan fingerprint density at radius 3 is 2.52 bits per heavy atom. The van der Waals surface area contributed by atoms with E-state index in [1.165, 1.54) is 51.4 Å². The molecule has 4 rings (SSSR count). The summed E-state index contributed by atoms with van der Waals surface area (Å²) in [7, 11) is 4.14. The average molecular weight is 673 g/mol. The topological polar surface area (TPSA) is 58.6 Å². The maximum Gasteiger partial charge on any atom is 0.407 e. The minimum Gasteiger partial charge on any atom is -1.00 e. The first-order chi connectivity index (χ1) is 18.4. The minimum absolute atomic E-state index is 0. The molecular formula is C34H61IN2O3. The zero-order valence-electron chi connectivity index (χ0n) is 26.8. The minimum atomic E-state index is -0.283. The SMILES string of the molecule is CC(C)CCC[C@@H](C)[C@H]1CC[C@H]2[C@@H]3CC=C4C[C@@H](OC(=O)NCC[N+](C)(C)CCO)CC[C@]4(C)[C@H]3CC[C@]12C.[I-]. The Balaban J connectivity index is 0.00000441. The number of rotatable bonds is 11. The highest BCUT2D eigenvalue weighted by Gasteiger charge is 2.59. The van der Waals surface area contributed by atoms with Crippen LogP contribution in [0.1, 0.15) is 105 Å². The normalized spacial score (nSPS) is 36.0. The molecule has 3 saturated carbocycles. The second-order valence-corrected chi connectivity index (χ2v) is 15.6. The highest BCUT2D eigenvalue weighted by Crippen LogP contribution is 2.67. The monoisotopic (exact) mass is 672 g/mol. The van der Waals surface area contributed by atoms with Crippen LogP contribution in [0.15, 0.2) is 11.6 Å². The summed E-state index contributed by atoms with van der Waals surface area (Å²) >= 11 is 0. The molecule has 0 aliphatic heterocycles. The van der Waals surface area contributed by atoms with E-state index in [9.17, 15) is 9.90 Å². The Bertz CT molecular complexity index is 875. The first-order valence-electron chi connectivity index (χ1n) is 16.5. The molecule has 0 aromatic rings. The third-order valence-corrected chi connectivity index (χ3v) is 12.2. The van der Waals surface area contributed by atoms with E-state index in [1.807, 2.05) is 0 Å². The van der Waals surface area contributed by atoms with E-state index in [1.54, 1.807) is 5.57 Å². The number of ether oxygens (including phenoxy) is 1. The smallest absolute Gasteiger partial charge is 0.407 e. The van der Waals surface area contributed by atoms with Gasteiger partial charge < -0.3 is 43.6 Å². The fourth-order valence-electron chi connectivity index (χ4n) is 9.79. The zero-order valence-corrected chi connectivity index (χ0v) is 29.0. The highest BCUT2D eigenvalue weighted by atomic mass is 127. The first kappa shape index (κ1) is 34.2. The van der Waals surface area contributed by atoms with Crippen molar-refractivity contribution in [3.63, 3.8) is 0 Å². The van der Waals surface area contributed by atoms with Gasteiger partial charge in [0.1, 0.15) is 12.6 Å². The van der Waals surface area contributed by atoms with Crippen LogP contribution in [0.5, 0.6) is 0 Å². The number of aliphatic hydroxyl groups excluding tert-OH is 1. The van der Waals surface area contributed by atoms with Crippen LogP contribution in [0, 0.1) is 46.3 Å². The Kier molecular flexibility index (Phi) is 11.9. The summed E-state index contributed by atoms with van der Waals surface area (Å²) in [4.78, 5) is 12.6. The van der Waals surface area contributed by atoms with Crippen molar-refractivity contribution >= 4 is 6.09 Å². The summed E-state index contributed by atoms with van der Waals surface area (Å²) < 4.78 is 6.61. The molecule has 0 saturated heterocycles. The molecule has 232 valence electrons. The maximum atomic E-state index is 12.6. The molecule has 0 heterocycles. The highest BCUT2D eigenvalue weighted by molar-refractivity contribution is 5.67. The summed E-state index contributed by atoms with van der Waals surface area (Å²) in [6, 6.07) is 0. The third-order valence-electron chi connectivity index (χ3n) is 12.2. The number of halogens is 1. The molecular weight excluding hydrogens is 611 g/mol. The van der Waals surface area contributed by atoms with Crippen molar-refractivity contribution in [2.75, 3.05) is 40.3 Å². The summed E-state index contributed by atoms with van der Waals surface area (Å²) in [6.45, 7) is 14.7. The molecule has 0 aromatic heterocycles. The van der Waals surface area contributed by atoms with E-state index in [-0.39, 0.29) is 48.2 Å². The van der Waals surface area contributed by atoms with Gasteiger partial charge in [-0.05, 0) is 91.3 Å². The van der Waals surface area contributed by atoms with Gasteiger partial charge in [0, 0.05) is 6.42 Å². The van der Waals surface area contributed by atoms with Crippen molar-refractivity contribution in [1.82, 2.24) is 5.32 Å². The standard InChI is InChI=1S/C34H60N2O3.HI/c1-24(2)9-8-10-25(3)29-13-14-30-28-12-11-26-23-27(39-32(38)35-19-20-36(6,7)21-22-37)15-17-33(26,4)31(28)16-18-34(29,30)5;/h11,24-25,27-31,37H,8-10,12-23H2,1-7H3;1H/t25-,27+,28+,29-,30+,31+,33+,34-;/m1./s1. The van der Waals surface area contributed by atoms with Crippen molar-refractivity contribution in [2.45, 2.75) is 111 Å². The molecule has 6 heteroatoms. The number of carbonyl (C=O) groups excluding carboxylic acids is 1. The average Bonchev–Trinajstić information content (AvgIpc) is 3.21. The van der Waals surface area contributed by atoms with E-state index in [4.69, 9.17) is 4.74 Å². The lowest BCUT2D eigenvalue weighted by Crippen LogP contribution is -3.00. The number of alkyl carbamates (subject to hydrolysis) is 1. The number of aliphatic hydroxyl groups is 1. The van der Waals surface area contributed by atoms with Crippen molar-refractivity contribution in [3.8, 4) is 0 Å². The quantitative estimate of drug-likeness (QED) is 0.197. The second-order valence-electron chi connectivity index (χ2n) is 15.6. The van der Waals surface area contributed by atoms with Gasteiger partial charge in [-0.3, -0.25) is 0 Å². The number of likely N-dealkylation sites (N-methyl/N-ethyl adjacent to an activating group) is 1. The lowest BCUT2D eigenvalue weighted by atomic mass is 9.47. The number of amides is 1. The molecule has 5 nitrogen and oxygen atoms in total. The summed E-state index contributed by atoms with van der Waals surface area (Å²) in [5.74, 6) is 5.12. The van der Waals surface area contributed by atoms with Crippen LogP contribution in [0.25, 0.3) is 0 Å². The molecule has 0 aromatic carbocycles. The summed E-state index contributed by atoms with van der Waals surface area (Å²) in [5, 5.41) is 12.2. The third kappa shape index (κ3) is 7.41. The molecule has 4 aliphatic rings. The number of quaternary nitrogens is 1. The second kappa shape index (κ2) is 14.0. The van der Waals surface area contributed by atoms with E-state index in [2.05, 4.69) is 60.1 Å². The van der Waals surface area contributed by atoms with Crippen molar-refractivity contribution in [3.05, 3.63) is 11.6 Å². The number of hydrogen-bond acceptors (Lipinski definition) is 3. The van der Waals surface area contributed by atoms with Crippen LogP contribution < -0.4 is 29.3 Å². The van der Waals surface area contributed by atoms with Crippen molar-refractivity contribution < 1.29 is 43.1 Å². The Morgan fingerprint density at radius 2 is 1.82 bits per heavy atom. The largest absolute Gasteiger partial charge is 1.00 e. The summed E-state index contributed by atoms with van der Waals surface area (Å²) in [6.07, 6.45) is 16.5. The number of hydrogen-bond donors (Lipinski definition) is 2. The molecule has 4 aliphatic carbocycles. The van der Waals surface area contributed by atoms with E-state index in [0.29, 0.717) is 23.0 Å². The fraction of sp³-hybridized carbons (Fsp3) is 0.912. The Labute approximate surface area is 263 Å². The van der Waals surface area contributed by atoms with Gasteiger partial charge >= 0.3 is 6.09 Å². The molecule has 2 N–H and O–H groups in total. The Hall–Kier alpha value is -0.340. The van der Waals surface area contributed by atoms with Crippen LogP contribution in [-0.2, 0) is 4.74 Å². The number of nitrogens with one attached hydrogen (secondary N) is 1. The van der Waals surface area contributed by atoms with E-state index < -0.39 is 0 Å². The van der Waals surface area contributed by atoms with Crippen molar-refractivity contribution in [2.24, 2.45) is 46.3 Å². The molecule has 3 fully saturated rings. The van der Waals surface area contributed by atoms with Gasteiger partial charge in [-0.15, -0.1) is 0 Å². The predicted octanol–water partition coefficient (Wildman–Crippen LogP) is 4.20.